The van der Waals surface area contributed by atoms with Crippen molar-refractivity contribution in [1.82, 2.24) is 9.80 Å². The molecule has 2 fully saturated rings. The van der Waals surface area contributed by atoms with Gasteiger partial charge in [-0.2, -0.15) is 25.3 Å². The summed E-state index contributed by atoms with van der Waals surface area (Å²) in [6.45, 7) is 1.03. The van der Waals surface area contributed by atoms with Gasteiger partial charge in [0.2, 0.25) is 17.7 Å². The minimum atomic E-state index is -0.781. The summed E-state index contributed by atoms with van der Waals surface area (Å²) in [7, 11) is 0. The van der Waals surface area contributed by atoms with Crippen molar-refractivity contribution in [2.45, 2.75) is 37.3 Å². The number of carbonyl (C=O) groups is 3. The van der Waals surface area contributed by atoms with Crippen LogP contribution >= 0.6 is 25.3 Å². The van der Waals surface area contributed by atoms with Gasteiger partial charge in [-0.25, -0.2) is 0 Å². The van der Waals surface area contributed by atoms with E-state index in [0.717, 1.165) is 6.42 Å². The number of rotatable bonds is 5. The van der Waals surface area contributed by atoms with Gasteiger partial charge in [-0.3, -0.25) is 14.4 Å². The molecule has 2 aliphatic heterocycles. The first-order valence-electron chi connectivity index (χ1n) is 7.10. The van der Waals surface area contributed by atoms with Gasteiger partial charge in [0.05, 0.1) is 0 Å². The molecule has 2 atom stereocenters. The third-order valence-corrected chi connectivity index (χ3v) is 4.99. The molecule has 2 aliphatic rings. The predicted octanol–water partition coefficient (Wildman–Crippen LogP) is -0.317. The number of nitrogens with zero attached hydrogens (tertiary/aromatic N) is 2. The molecule has 6 nitrogen and oxygen atoms in total. The van der Waals surface area contributed by atoms with Gasteiger partial charge in [-0.1, -0.05) is 0 Å². The summed E-state index contributed by atoms with van der Waals surface area (Å²) in [5, 5.41) is 0. The lowest BCUT2D eigenvalue weighted by Gasteiger charge is -2.34. The number of primary amides is 1. The molecule has 0 saturated carbocycles. The Kier molecular flexibility index (Phi) is 5.08. The number of amides is 3. The second kappa shape index (κ2) is 6.48. The van der Waals surface area contributed by atoms with Crippen LogP contribution < -0.4 is 5.73 Å². The molecule has 2 heterocycles. The standard InChI is InChI=1S/C13H21N3O3S2/c14-11(18)9(8-21)15-6-4-13(12(15)19)3-1-5-16(13)10(17)2-7-20/h9,20-21H,1-8H2,(H2,14,18)/t9-,13?/m0/s1. The van der Waals surface area contributed by atoms with Crippen LogP contribution in [-0.2, 0) is 14.4 Å². The Balaban J connectivity index is 2.22. The molecule has 2 rings (SSSR count). The molecule has 21 heavy (non-hydrogen) atoms. The highest BCUT2D eigenvalue weighted by Crippen LogP contribution is 2.39. The van der Waals surface area contributed by atoms with Crippen LogP contribution in [0.25, 0.3) is 0 Å². The first-order chi connectivity index (χ1) is 9.97. The predicted molar refractivity (Wildman–Crippen MR) is 85.3 cm³/mol. The maximum atomic E-state index is 12.8. The molecule has 0 aromatic rings. The number of carbonyl (C=O) groups excluding carboxylic acids is 3. The second-order valence-corrected chi connectivity index (χ2v) is 6.32. The van der Waals surface area contributed by atoms with Gasteiger partial charge in [0.1, 0.15) is 11.6 Å². The van der Waals surface area contributed by atoms with E-state index < -0.39 is 17.5 Å². The van der Waals surface area contributed by atoms with Gasteiger partial charge >= 0.3 is 0 Å². The van der Waals surface area contributed by atoms with Crippen LogP contribution in [0.4, 0.5) is 0 Å². The molecule has 2 saturated heterocycles. The van der Waals surface area contributed by atoms with Crippen molar-refractivity contribution in [3.63, 3.8) is 0 Å². The molecule has 0 bridgehead atoms. The van der Waals surface area contributed by atoms with Crippen LogP contribution in [0.5, 0.6) is 0 Å². The van der Waals surface area contributed by atoms with E-state index >= 15 is 0 Å². The van der Waals surface area contributed by atoms with E-state index in [1.807, 2.05) is 0 Å². The molecule has 3 amide bonds. The monoisotopic (exact) mass is 331 g/mol. The zero-order chi connectivity index (χ0) is 15.6. The van der Waals surface area contributed by atoms with E-state index in [-0.39, 0.29) is 17.6 Å². The highest BCUT2D eigenvalue weighted by molar-refractivity contribution is 7.80. The Morgan fingerprint density at radius 1 is 1.29 bits per heavy atom. The Morgan fingerprint density at radius 3 is 2.57 bits per heavy atom. The maximum Gasteiger partial charge on any atom is 0.249 e. The zero-order valence-corrected chi connectivity index (χ0v) is 13.6. The van der Waals surface area contributed by atoms with Gasteiger partial charge in [-0.15, -0.1) is 0 Å². The Morgan fingerprint density at radius 2 is 2.00 bits per heavy atom. The zero-order valence-electron chi connectivity index (χ0n) is 11.8. The average Bonchev–Trinajstić information content (AvgIpc) is 2.99. The third kappa shape index (κ3) is 2.75. The Hall–Kier alpha value is -0.890. The van der Waals surface area contributed by atoms with E-state index in [9.17, 15) is 14.4 Å². The minimum absolute atomic E-state index is 0.0424. The molecule has 118 valence electrons. The third-order valence-electron chi connectivity index (χ3n) is 4.42. The van der Waals surface area contributed by atoms with Crippen molar-refractivity contribution in [3.8, 4) is 0 Å². The van der Waals surface area contributed by atoms with Gasteiger partial charge in [0, 0.05) is 25.3 Å². The first kappa shape index (κ1) is 16.5. The molecule has 8 heteroatoms. The SMILES string of the molecule is NC(=O)[C@H](CS)N1CCC2(CCCN2C(=O)CCS)C1=O. The molecule has 2 N–H and O–H groups in total. The smallest absolute Gasteiger partial charge is 0.249 e. The van der Waals surface area contributed by atoms with E-state index in [4.69, 9.17) is 5.73 Å². The molecule has 0 radical (unpaired) electrons. The van der Waals surface area contributed by atoms with Crippen LogP contribution in [0.3, 0.4) is 0 Å². The van der Waals surface area contributed by atoms with Crippen LogP contribution in [0.1, 0.15) is 25.7 Å². The summed E-state index contributed by atoms with van der Waals surface area (Å²) in [6, 6.07) is -0.706. The highest BCUT2D eigenvalue weighted by atomic mass is 32.1. The van der Waals surface area contributed by atoms with Crippen LogP contribution in [-0.4, -0.2) is 63.7 Å². The Labute approximate surface area is 135 Å². The lowest BCUT2D eigenvalue weighted by Crippen LogP contribution is -2.56. The number of hydrogen-bond acceptors (Lipinski definition) is 5. The van der Waals surface area contributed by atoms with Crippen molar-refractivity contribution in [2.24, 2.45) is 5.73 Å². The van der Waals surface area contributed by atoms with Crippen molar-refractivity contribution >= 4 is 43.0 Å². The fourth-order valence-corrected chi connectivity index (χ4v) is 3.94. The van der Waals surface area contributed by atoms with Gasteiger partial charge in [-0.05, 0) is 25.0 Å². The van der Waals surface area contributed by atoms with E-state index in [0.29, 0.717) is 38.1 Å². The van der Waals surface area contributed by atoms with E-state index in [1.54, 1.807) is 4.90 Å². The van der Waals surface area contributed by atoms with E-state index in [2.05, 4.69) is 25.3 Å². The number of likely N-dealkylation sites (tertiary alicyclic amines) is 2. The van der Waals surface area contributed by atoms with Crippen LogP contribution in [0, 0.1) is 0 Å². The van der Waals surface area contributed by atoms with Crippen LogP contribution in [0.2, 0.25) is 0 Å². The van der Waals surface area contributed by atoms with Crippen molar-refractivity contribution in [2.75, 3.05) is 24.6 Å². The maximum absolute atomic E-state index is 12.8. The fourth-order valence-electron chi connectivity index (χ4n) is 3.38. The molecular formula is C13H21N3O3S2. The number of nitrogens with two attached hydrogens (primary N) is 1. The summed E-state index contributed by atoms with van der Waals surface area (Å²) in [4.78, 5) is 39.7. The number of thiol groups is 2. The van der Waals surface area contributed by atoms with Gasteiger partial charge < -0.3 is 15.5 Å². The van der Waals surface area contributed by atoms with Crippen molar-refractivity contribution in [1.29, 1.82) is 0 Å². The molecule has 0 aromatic heterocycles. The summed E-state index contributed by atoms with van der Waals surface area (Å²) in [5.41, 5.74) is 4.57. The summed E-state index contributed by atoms with van der Waals surface area (Å²) >= 11 is 8.20. The average molecular weight is 331 g/mol. The summed E-state index contributed by atoms with van der Waals surface area (Å²) in [6.07, 6.45) is 2.34. The van der Waals surface area contributed by atoms with Crippen molar-refractivity contribution < 1.29 is 14.4 Å². The highest BCUT2D eigenvalue weighted by Gasteiger charge is 2.56. The second-order valence-electron chi connectivity index (χ2n) is 5.50. The van der Waals surface area contributed by atoms with Gasteiger partial charge in [0.15, 0.2) is 0 Å². The molecule has 0 aromatic carbocycles. The lowest BCUT2D eigenvalue weighted by molar-refractivity contribution is -0.148. The number of hydrogen-bond donors (Lipinski definition) is 3. The summed E-state index contributed by atoms with van der Waals surface area (Å²) < 4.78 is 0. The molecular weight excluding hydrogens is 310 g/mol. The molecule has 1 spiro atoms. The van der Waals surface area contributed by atoms with Crippen molar-refractivity contribution in [3.05, 3.63) is 0 Å². The molecule has 0 aliphatic carbocycles. The first-order valence-corrected chi connectivity index (χ1v) is 8.37. The minimum Gasteiger partial charge on any atom is -0.368 e. The molecule has 1 unspecified atom stereocenters. The Bertz CT molecular complexity index is 460. The van der Waals surface area contributed by atoms with E-state index in [1.165, 1.54) is 4.90 Å². The quantitative estimate of drug-likeness (QED) is 0.604. The topological polar surface area (TPSA) is 83.7 Å². The van der Waals surface area contributed by atoms with Gasteiger partial charge in [0.25, 0.3) is 0 Å². The largest absolute Gasteiger partial charge is 0.368 e. The normalized spacial score (nSPS) is 26.7. The fraction of sp³-hybridized carbons (Fsp3) is 0.769. The summed E-state index contributed by atoms with van der Waals surface area (Å²) in [5.74, 6) is -0.0998. The van der Waals surface area contributed by atoms with Crippen LogP contribution in [0.15, 0.2) is 0 Å². The lowest BCUT2D eigenvalue weighted by atomic mass is 9.94.